The normalized spacial score (nSPS) is 28.5. The maximum absolute atomic E-state index is 10.5. The van der Waals surface area contributed by atoms with E-state index in [1.165, 1.54) is 6.08 Å². The fraction of sp³-hybridized carbons (Fsp3) is 0.667. The van der Waals surface area contributed by atoms with Crippen LogP contribution >= 0.6 is 0 Å². The summed E-state index contributed by atoms with van der Waals surface area (Å²) in [6.45, 7) is 2.03. The molecule has 2 unspecified atom stereocenters. The summed E-state index contributed by atoms with van der Waals surface area (Å²) in [6, 6.07) is 0. The Labute approximate surface area is 161 Å². The van der Waals surface area contributed by atoms with E-state index in [-0.39, 0.29) is 24.7 Å². The zero-order valence-corrected chi connectivity index (χ0v) is 16.0. The predicted octanol–water partition coefficient (Wildman–Crippen LogP) is 2.18. The molecule has 6 heteroatoms. The van der Waals surface area contributed by atoms with Crippen molar-refractivity contribution in [3.05, 3.63) is 36.5 Å². The van der Waals surface area contributed by atoms with Gasteiger partial charge in [0.2, 0.25) is 0 Å². The van der Waals surface area contributed by atoms with Crippen LogP contribution in [-0.2, 0) is 4.79 Å². The van der Waals surface area contributed by atoms with Gasteiger partial charge in [0, 0.05) is 18.8 Å². The van der Waals surface area contributed by atoms with E-state index in [0.29, 0.717) is 19.3 Å². The minimum Gasteiger partial charge on any atom is -0.481 e. The standard InChI is InChI=1S/C21H34O6/c1-2-3-6-10-17(22)18(23)13-12-16-15(19(24)14-20(16)25)9-7-4-5-8-11-21(26)27/h4,6-7,10,12-13,15-20,22-25H,2-3,5,8-9,11,14H2,1H3,(H,26,27)/b7-4-,10-6+,13-12+/t15-,16-,17?,18?,19+,20-/m1/s1. The van der Waals surface area contributed by atoms with Crippen LogP contribution in [0.1, 0.15) is 51.9 Å². The Morgan fingerprint density at radius 2 is 1.74 bits per heavy atom. The van der Waals surface area contributed by atoms with Crippen LogP contribution in [0, 0.1) is 11.8 Å². The molecule has 1 saturated carbocycles. The minimum absolute atomic E-state index is 0.132. The summed E-state index contributed by atoms with van der Waals surface area (Å²) in [7, 11) is 0. The van der Waals surface area contributed by atoms with E-state index in [4.69, 9.17) is 5.11 Å². The van der Waals surface area contributed by atoms with Crippen LogP contribution in [0.2, 0.25) is 0 Å². The van der Waals surface area contributed by atoms with Crippen LogP contribution in [0.5, 0.6) is 0 Å². The molecule has 0 spiro atoms. The van der Waals surface area contributed by atoms with Crippen molar-refractivity contribution in [2.75, 3.05) is 0 Å². The Balaban J connectivity index is 2.57. The molecule has 0 radical (unpaired) electrons. The van der Waals surface area contributed by atoms with Gasteiger partial charge in [-0.2, -0.15) is 0 Å². The lowest BCUT2D eigenvalue weighted by Crippen LogP contribution is -2.24. The highest BCUT2D eigenvalue weighted by atomic mass is 16.4. The zero-order chi connectivity index (χ0) is 20.2. The minimum atomic E-state index is -1.06. The van der Waals surface area contributed by atoms with Gasteiger partial charge in [0.25, 0.3) is 0 Å². The van der Waals surface area contributed by atoms with E-state index < -0.39 is 30.4 Å². The lowest BCUT2D eigenvalue weighted by atomic mass is 9.89. The highest BCUT2D eigenvalue weighted by Gasteiger charge is 2.39. The van der Waals surface area contributed by atoms with Crippen molar-refractivity contribution in [2.45, 2.75) is 76.3 Å². The number of hydrogen-bond acceptors (Lipinski definition) is 5. The maximum atomic E-state index is 10.5. The molecule has 0 bridgehead atoms. The Kier molecular flexibility index (Phi) is 11.2. The topological polar surface area (TPSA) is 118 Å². The van der Waals surface area contributed by atoms with Crippen molar-refractivity contribution >= 4 is 5.97 Å². The molecule has 0 aromatic rings. The third kappa shape index (κ3) is 8.84. The Bertz CT molecular complexity index is 513. The number of unbranched alkanes of at least 4 members (excludes halogenated alkanes) is 2. The molecule has 0 aromatic heterocycles. The summed E-state index contributed by atoms with van der Waals surface area (Å²) in [5.74, 6) is -1.29. The van der Waals surface area contributed by atoms with Crippen molar-refractivity contribution in [2.24, 2.45) is 11.8 Å². The monoisotopic (exact) mass is 382 g/mol. The molecular weight excluding hydrogens is 348 g/mol. The molecule has 1 fully saturated rings. The van der Waals surface area contributed by atoms with Gasteiger partial charge in [-0.05, 0) is 31.6 Å². The second-order valence-electron chi connectivity index (χ2n) is 7.19. The van der Waals surface area contributed by atoms with E-state index in [2.05, 4.69) is 0 Å². The SMILES string of the molecule is CCC/C=C/C(O)C(O)/C=C/[C@@H]1[C@@H](C/C=C\CCCC(=O)O)[C@@H](O)C[C@H]1O. The molecule has 6 atom stereocenters. The first-order valence-electron chi connectivity index (χ1n) is 9.80. The highest BCUT2D eigenvalue weighted by molar-refractivity contribution is 5.66. The smallest absolute Gasteiger partial charge is 0.303 e. The summed E-state index contributed by atoms with van der Waals surface area (Å²) < 4.78 is 0. The molecule has 1 aliphatic carbocycles. The number of allylic oxidation sites excluding steroid dienone is 3. The number of aliphatic hydroxyl groups is 4. The lowest BCUT2D eigenvalue weighted by molar-refractivity contribution is -0.137. The molecule has 154 valence electrons. The number of carbonyl (C=O) groups is 1. The largest absolute Gasteiger partial charge is 0.481 e. The number of carboxylic acid groups (broad SMARTS) is 1. The van der Waals surface area contributed by atoms with Gasteiger partial charge in [-0.3, -0.25) is 4.79 Å². The average molecular weight is 382 g/mol. The summed E-state index contributed by atoms with van der Waals surface area (Å²) >= 11 is 0. The van der Waals surface area contributed by atoms with Crippen molar-refractivity contribution in [3.8, 4) is 0 Å². The van der Waals surface area contributed by atoms with Gasteiger partial charge in [0.15, 0.2) is 0 Å². The summed E-state index contributed by atoms with van der Waals surface area (Å²) in [5, 5.41) is 49.0. The maximum Gasteiger partial charge on any atom is 0.303 e. The molecule has 0 aliphatic heterocycles. The number of aliphatic carboxylic acids is 1. The van der Waals surface area contributed by atoms with Crippen molar-refractivity contribution in [3.63, 3.8) is 0 Å². The first-order valence-corrected chi connectivity index (χ1v) is 9.80. The number of rotatable bonds is 12. The molecular formula is C21H34O6. The van der Waals surface area contributed by atoms with Gasteiger partial charge < -0.3 is 25.5 Å². The fourth-order valence-corrected chi connectivity index (χ4v) is 3.32. The first kappa shape index (κ1) is 23.6. The summed E-state index contributed by atoms with van der Waals surface area (Å²) in [6.07, 6.45) is 11.0. The van der Waals surface area contributed by atoms with Crippen molar-refractivity contribution in [1.29, 1.82) is 0 Å². The van der Waals surface area contributed by atoms with Gasteiger partial charge >= 0.3 is 5.97 Å². The average Bonchev–Trinajstić information content (AvgIpc) is 2.88. The van der Waals surface area contributed by atoms with Gasteiger partial charge in [-0.1, -0.05) is 49.8 Å². The Morgan fingerprint density at radius 1 is 1.04 bits per heavy atom. The van der Waals surface area contributed by atoms with Gasteiger partial charge in [-0.25, -0.2) is 0 Å². The van der Waals surface area contributed by atoms with Crippen LogP contribution < -0.4 is 0 Å². The van der Waals surface area contributed by atoms with E-state index >= 15 is 0 Å². The van der Waals surface area contributed by atoms with Crippen molar-refractivity contribution < 1.29 is 30.3 Å². The molecule has 0 amide bonds. The molecule has 27 heavy (non-hydrogen) atoms. The molecule has 0 aromatic carbocycles. The van der Waals surface area contributed by atoms with Crippen LogP contribution in [0.4, 0.5) is 0 Å². The van der Waals surface area contributed by atoms with Gasteiger partial charge in [0.1, 0.15) is 12.2 Å². The number of aliphatic hydroxyl groups excluding tert-OH is 4. The quantitative estimate of drug-likeness (QED) is 0.261. The molecule has 1 rings (SSSR count). The third-order valence-corrected chi connectivity index (χ3v) is 4.92. The van der Waals surface area contributed by atoms with Crippen LogP contribution in [0.3, 0.4) is 0 Å². The summed E-state index contributed by atoms with van der Waals surface area (Å²) in [5.41, 5.74) is 0. The number of carboxylic acids is 1. The Hall–Kier alpha value is -1.47. The predicted molar refractivity (Wildman–Crippen MR) is 104 cm³/mol. The van der Waals surface area contributed by atoms with Gasteiger partial charge in [-0.15, -0.1) is 0 Å². The highest BCUT2D eigenvalue weighted by Crippen LogP contribution is 2.36. The second-order valence-corrected chi connectivity index (χ2v) is 7.19. The fourth-order valence-electron chi connectivity index (χ4n) is 3.32. The Morgan fingerprint density at radius 3 is 2.41 bits per heavy atom. The third-order valence-electron chi connectivity index (χ3n) is 4.92. The second kappa shape index (κ2) is 12.8. The first-order chi connectivity index (χ1) is 12.9. The number of hydrogen-bond donors (Lipinski definition) is 5. The zero-order valence-electron chi connectivity index (χ0n) is 16.0. The molecule has 1 aliphatic rings. The van der Waals surface area contributed by atoms with Crippen LogP contribution in [0.25, 0.3) is 0 Å². The molecule has 0 heterocycles. The van der Waals surface area contributed by atoms with E-state index in [0.717, 1.165) is 12.8 Å². The van der Waals surface area contributed by atoms with Crippen molar-refractivity contribution in [1.82, 2.24) is 0 Å². The van der Waals surface area contributed by atoms with E-state index in [1.54, 1.807) is 12.2 Å². The molecule has 0 saturated heterocycles. The van der Waals surface area contributed by atoms with Crippen LogP contribution in [-0.4, -0.2) is 55.9 Å². The van der Waals surface area contributed by atoms with E-state index in [9.17, 15) is 25.2 Å². The van der Waals surface area contributed by atoms with Crippen LogP contribution in [0.15, 0.2) is 36.5 Å². The molecule has 5 N–H and O–H groups in total. The summed E-state index contributed by atoms with van der Waals surface area (Å²) in [4.78, 5) is 10.5. The molecule has 6 nitrogen and oxygen atoms in total. The lowest BCUT2D eigenvalue weighted by Gasteiger charge is -2.20. The van der Waals surface area contributed by atoms with E-state index in [1.807, 2.05) is 25.2 Å². The van der Waals surface area contributed by atoms with Gasteiger partial charge in [0.05, 0.1) is 12.2 Å².